The third-order valence-corrected chi connectivity index (χ3v) is 5.06. The van der Waals surface area contributed by atoms with Crippen LogP contribution in [-0.2, 0) is 30.4 Å². The molecule has 4 unspecified atom stereocenters. The predicted octanol–water partition coefficient (Wildman–Crippen LogP) is -2.65. The molecule has 0 saturated heterocycles. The van der Waals surface area contributed by atoms with Gasteiger partial charge in [0.1, 0.15) is 23.9 Å². The Labute approximate surface area is 212 Å². The largest absolute Gasteiger partial charge is 0.508 e. The topological polar surface area (TPSA) is 273 Å². The van der Waals surface area contributed by atoms with Crippen LogP contribution >= 0.6 is 0 Å². The first-order chi connectivity index (χ1) is 17.3. The first kappa shape index (κ1) is 30.6. The lowest BCUT2D eigenvalue weighted by atomic mass is 10.1. The van der Waals surface area contributed by atoms with E-state index in [1.807, 2.05) is 0 Å². The molecule has 0 saturated carbocycles. The smallest absolute Gasteiger partial charge is 0.326 e. The van der Waals surface area contributed by atoms with Gasteiger partial charge in [-0.1, -0.05) is 12.1 Å². The Morgan fingerprint density at radius 3 is 2.05 bits per heavy atom. The summed E-state index contributed by atoms with van der Waals surface area (Å²) >= 11 is 0. The van der Waals surface area contributed by atoms with Crippen LogP contribution in [0.3, 0.4) is 0 Å². The molecule has 0 aliphatic heterocycles. The second-order valence-electron chi connectivity index (χ2n) is 8.21. The normalized spacial score (nSPS) is 13.8. The van der Waals surface area contributed by atoms with Gasteiger partial charge in [-0.2, -0.15) is 0 Å². The van der Waals surface area contributed by atoms with Gasteiger partial charge in [0.25, 0.3) is 0 Å². The highest BCUT2D eigenvalue weighted by molar-refractivity contribution is 5.95. The SMILES string of the molecule is CC(NC(=O)C(CC(=O)O)NC(=O)C(N)CCCN=C(N)N)C(=O)NC(Cc1ccc(O)cc1)C(=O)O. The number of guanidine groups is 1. The van der Waals surface area contributed by atoms with Crippen LogP contribution in [0.4, 0.5) is 0 Å². The number of carboxylic acids is 2. The molecule has 12 N–H and O–H groups in total. The Morgan fingerprint density at radius 2 is 1.51 bits per heavy atom. The van der Waals surface area contributed by atoms with Gasteiger partial charge in [0.2, 0.25) is 17.7 Å². The van der Waals surface area contributed by atoms with E-state index in [-0.39, 0.29) is 31.1 Å². The number of amides is 3. The molecule has 1 rings (SSSR count). The number of hydrogen-bond acceptors (Lipinski definition) is 8. The van der Waals surface area contributed by atoms with E-state index in [1.54, 1.807) is 0 Å². The number of nitrogens with zero attached hydrogens (tertiary/aromatic N) is 1. The van der Waals surface area contributed by atoms with Crippen LogP contribution < -0.4 is 33.2 Å². The van der Waals surface area contributed by atoms with Crippen LogP contribution in [-0.4, -0.2) is 81.7 Å². The second-order valence-corrected chi connectivity index (χ2v) is 8.21. The lowest BCUT2D eigenvalue weighted by Crippen LogP contribution is -2.56. The first-order valence-corrected chi connectivity index (χ1v) is 11.2. The maximum absolute atomic E-state index is 12.6. The quantitative estimate of drug-likeness (QED) is 0.0650. The summed E-state index contributed by atoms with van der Waals surface area (Å²) in [6.07, 6.45) is -0.374. The van der Waals surface area contributed by atoms with E-state index in [2.05, 4.69) is 20.9 Å². The van der Waals surface area contributed by atoms with Crippen molar-refractivity contribution in [1.82, 2.24) is 16.0 Å². The van der Waals surface area contributed by atoms with E-state index in [4.69, 9.17) is 22.3 Å². The van der Waals surface area contributed by atoms with Crippen molar-refractivity contribution in [2.75, 3.05) is 6.54 Å². The van der Waals surface area contributed by atoms with Gasteiger partial charge in [-0.3, -0.25) is 24.2 Å². The number of nitrogens with one attached hydrogen (secondary N) is 3. The number of phenols is 1. The number of carbonyl (C=O) groups is 5. The number of hydrogen-bond donors (Lipinski definition) is 9. The van der Waals surface area contributed by atoms with E-state index in [1.165, 1.54) is 31.2 Å². The predicted molar refractivity (Wildman–Crippen MR) is 131 cm³/mol. The molecule has 1 aromatic rings. The summed E-state index contributed by atoms with van der Waals surface area (Å²) in [5.41, 5.74) is 16.7. The summed E-state index contributed by atoms with van der Waals surface area (Å²) in [7, 11) is 0. The Morgan fingerprint density at radius 1 is 0.919 bits per heavy atom. The number of rotatable bonds is 15. The average Bonchev–Trinajstić information content (AvgIpc) is 2.81. The van der Waals surface area contributed by atoms with Gasteiger partial charge in [0.15, 0.2) is 5.96 Å². The molecule has 0 bridgehead atoms. The van der Waals surface area contributed by atoms with Crippen molar-refractivity contribution in [2.24, 2.45) is 22.2 Å². The second kappa shape index (κ2) is 14.9. The van der Waals surface area contributed by atoms with Crippen molar-refractivity contribution in [1.29, 1.82) is 0 Å². The van der Waals surface area contributed by atoms with Crippen molar-refractivity contribution in [3.63, 3.8) is 0 Å². The standard InChI is InChI=1S/C22H33N7O8/c1-11(18(33)29-16(21(36)37)9-12-4-6-13(30)7-5-12)27-20(35)15(10-17(31)32)28-19(34)14(23)3-2-8-26-22(24)25/h4-7,11,14-16,30H,2-3,8-10,23H2,1H3,(H,27,35)(H,28,34)(H,29,33)(H,31,32)(H,36,37)(H4,24,25,26). The minimum Gasteiger partial charge on any atom is -0.508 e. The van der Waals surface area contributed by atoms with Crippen LogP contribution in [0.5, 0.6) is 5.75 Å². The highest BCUT2D eigenvalue weighted by Crippen LogP contribution is 2.11. The van der Waals surface area contributed by atoms with Crippen molar-refractivity contribution in [3.05, 3.63) is 29.8 Å². The van der Waals surface area contributed by atoms with Gasteiger partial charge in [-0.25, -0.2) is 4.79 Å². The number of aromatic hydroxyl groups is 1. The highest BCUT2D eigenvalue weighted by Gasteiger charge is 2.29. The molecule has 0 fully saturated rings. The minimum absolute atomic E-state index is 0.00843. The molecule has 37 heavy (non-hydrogen) atoms. The maximum atomic E-state index is 12.6. The van der Waals surface area contributed by atoms with Crippen molar-refractivity contribution in [2.45, 2.75) is 56.8 Å². The van der Waals surface area contributed by atoms with Crippen LogP contribution in [0.25, 0.3) is 0 Å². The Bertz CT molecular complexity index is 995. The molecule has 0 aromatic heterocycles. The maximum Gasteiger partial charge on any atom is 0.326 e. The summed E-state index contributed by atoms with van der Waals surface area (Å²) in [6.45, 7) is 1.49. The van der Waals surface area contributed by atoms with Crippen LogP contribution in [0.15, 0.2) is 29.3 Å². The van der Waals surface area contributed by atoms with Gasteiger partial charge >= 0.3 is 11.9 Å². The van der Waals surface area contributed by atoms with Crippen LogP contribution in [0, 0.1) is 0 Å². The Hall–Kier alpha value is -4.40. The summed E-state index contributed by atoms with van der Waals surface area (Å²) in [5.74, 6) is -5.46. The third-order valence-electron chi connectivity index (χ3n) is 5.06. The molecule has 0 aliphatic rings. The van der Waals surface area contributed by atoms with E-state index in [9.17, 15) is 34.2 Å². The molecule has 15 nitrogen and oxygen atoms in total. The first-order valence-electron chi connectivity index (χ1n) is 11.2. The molecule has 1 aromatic carbocycles. The molecule has 3 amide bonds. The minimum atomic E-state index is -1.55. The zero-order valence-corrected chi connectivity index (χ0v) is 20.2. The number of carboxylic acid groups (broad SMARTS) is 2. The van der Waals surface area contributed by atoms with Crippen molar-refractivity contribution < 1.29 is 39.3 Å². The number of aliphatic imine (C=N–C) groups is 1. The van der Waals surface area contributed by atoms with Crippen molar-refractivity contribution >= 4 is 35.6 Å². The molecule has 0 heterocycles. The zero-order chi connectivity index (χ0) is 28.1. The van der Waals surface area contributed by atoms with Crippen LogP contribution in [0.2, 0.25) is 0 Å². The summed E-state index contributed by atoms with van der Waals surface area (Å²) in [4.78, 5) is 64.1. The molecule has 0 radical (unpaired) electrons. The monoisotopic (exact) mass is 523 g/mol. The van der Waals surface area contributed by atoms with Crippen molar-refractivity contribution in [3.8, 4) is 5.75 Å². The molecule has 4 atom stereocenters. The molecule has 0 spiro atoms. The van der Waals surface area contributed by atoms with Gasteiger partial charge in [-0.05, 0) is 37.5 Å². The zero-order valence-electron chi connectivity index (χ0n) is 20.2. The summed E-state index contributed by atoms with van der Waals surface area (Å²) in [5, 5.41) is 34.7. The molecule has 204 valence electrons. The van der Waals surface area contributed by atoms with Gasteiger partial charge in [-0.15, -0.1) is 0 Å². The fourth-order valence-corrected chi connectivity index (χ4v) is 3.06. The lowest BCUT2D eigenvalue weighted by Gasteiger charge is -2.23. The summed E-state index contributed by atoms with van der Waals surface area (Å²) in [6, 6.07) is 0.489. The molecular weight excluding hydrogens is 490 g/mol. The van der Waals surface area contributed by atoms with E-state index < -0.39 is 60.2 Å². The van der Waals surface area contributed by atoms with Crippen LogP contribution in [0.1, 0.15) is 31.7 Å². The van der Waals surface area contributed by atoms with E-state index >= 15 is 0 Å². The van der Waals surface area contributed by atoms with Gasteiger partial charge in [0, 0.05) is 13.0 Å². The molecular formula is C22H33N7O8. The summed E-state index contributed by atoms with van der Waals surface area (Å²) < 4.78 is 0. The number of carbonyl (C=O) groups excluding carboxylic acids is 3. The number of phenolic OH excluding ortho intramolecular Hbond substituents is 1. The fraction of sp³-hybridized carbons (Fsp3) is 0.455. The van der Waals surface area contributed by atoms with E-state index in [0.29, 0.717) is 12.0 Å². The Balaban J connectivity index is 2.75. The third kappa shape index (κ3) is 11.7. The lowest BCUT2D eigenvalue weighted by molar-refractivity contribution is -0.143. The van der Waals surface area contributed by atoms with Gasteiger partial charge in [0.05, 0.1) is 12.5 Å². The van der Waals surface area contributed by atoms with Gasteiger partial charge < -0.3 is 48.5 Å². The average molecular weight is 524 g/mol. The number of nitrogens with two attached hydrogens (primary N) is 3. The van der Waals surface area contributed by atoms with E-state index in [0.717, 1.165) is 0 Å². The Kier molecular flexibility index (Phi) is 12.3. The number of benzene rings is 1. The number of aliphatic carboxylic acids is 2. The fourth-order valence-electron chi connectivity index (χ4n) is 3.06. The highest BCUT2D eigenvalue weighted by atomic mass is 16.4. The molecule has 0 aliphatic carbocycles. The molecule has 15 heteroatoms.